The summed E-state index contributed by atoms with van der Waals surface area (Å²) in [6, 6.07) is 5.76. The molecule has 62 valence electrons. The van der Waals surface area contributed by atoms with Gasteiger partial charge in [-0.05, 0) is 30.2 Å². The minimum atomic E-state index is 0.664. The molecule has 0 saturated heterocycles. The van der Waals surface area contributed by atoms with Crippen molar-refractivity contribution in [1.82, 2.24) is 0 Å². The van der Waals surface area contributed by atoms with Crippen molar-refractivity contribution in [3.8, 4) is 6.07 Å². The molecule has 0 aliphatic carbocycles. The van der Waals surface area contributed by atoms with Crippen LogP contribution >= 0.6 is 27.5 Å². The normalized spacial score (nSPS) is 9.50. The summed E-state index contributed by atoms with van der Waals surface area (Å²) < 4.78 is 0. The zero-order valence-electron chi connectivity index (χ0n) is 6.56. The molecule has 0 aliphatic heterocycles. The fraction of sp³-hybridized carbons (Fsp3) is 0.222. The maximum atomic E-state index is 8.81. The zero-order chi connectivity index (χ0) is 9.14. The Hall–Kier alpha value is -0.520. The van der Waals surface area contributed by atoms with E-state index in [0.717, 1.165) is 16.7 Å². The van der Waals surface area contributed by atoms with Gasteiger partial charge in [0.1, 0.15) is 0 Å². The maximum absolute atomic E-state index is 8.81. The van der Waals surface area contributed by atoms with Gasteiger partial charge >= 0.3 is 0 Å². The lowest BCUT2D eigenvalue weighted by molar-refractivity contribution is 1.31. The van der Waals surface area contributed by atoms with Crippen LogP contribution in [-0.4, -0.2) is 0 Å². The highest BCUT2D eigenvalue weighted by Gasteiger charge is 2.05. The third kappa shape index (κ3) is 1.80. The van der Waals surface area contributed by atoms with Crippen molar-refractivity contribution in [3.63, 3.8) is 0 Å². The van der Waals surface area contributed by atoms with Gasteiger partial charge in [0.15, 0.2) is 0 Å². The molecular formula is C9H7BrClN. The predicted molar refractivity (Wildman–Crippen MR) is 53.5 cm³/mol. The van der Waals surface area contributed by atoms with Gasteiger partial charge in [0, 0.05) is 10.4 Å². The van der Waals surface area contributed by atoms with Crippen molar-refractivity contribution < 1.29 is 0 Å². The molecule has 0 fully saturated rings. The van der Waals surface area contributed by atoms with E-state index in [1.165, 1.54) is 0 Å². The highest BCUT2D eigenvalue weighted by Crippen LogP contribution is 2.21. The van der Waals surface area contributed by atoms with E-state index >= 15 is 0 Å². The van der Waals surface area contributed by atoms with Crippen LogP contribution in [0.2, 0.25) is 5.02 Å². The Kier molecular flexibility index (Phi) is 3.13. The van der Waals surface area contributed by atoms with Gasteiger partial charge in [-0.2, -0.15) is 5.26 Å². The minimum absolute atomic E-state index is 0.664. The molecule has 0 aliphatic rings. The lowest BCUT2D eigenvalue weighted by atomic mass is 10.0. The van der Waals surface area contributed by atoms with Crippen molar-refractivity contribution in [2.24, 2.45) is 0 Å². The number of nitrogens with zero attached hydrogens (tertiary/aromatic N) is 1. The standard InChI is InChI=1S/C9H7BrClN/c1-6-2-8(11)3-7(4-10)9(6)5-12/h2-3H,4H2,1H3. The fourth-order valence-corrected chi connectivity index (χ4v) is 1.82. The Labute approximate surface area is 85.1 Å². The van der Waals surface area contributed by atoms with E-state index in [-0.39, 0.29) is 0 Å². The van der Waals surface area contributed by atoms with Gasteiger partial charge < -0.3 is 0 Å². The molecular weight excluding hydrogens is 237 g/mol. The molecule has 0 N–H and O–H groups in total. The average Bonchev–Trinajstić information content (AvgIpc) is 2.03. The first-order valence-electron chi connectivity index (χ1n) is 3.44. The Balaban J connectivity index is 3.36. The lowest BCUT2D eigenvalue weighted by Gasteiger charge is -2.03. The summed E-state index contributed by atoms with van der Waals surface area (Å²) in [5.41, 5.74) is 2.60. The van der Waals surface area contributed by atoms with Crippen LogP contribution in [0.3, 0.4) is 0 Å². The molecule has 1 rings (SSSR count). The summed E-state index contributed by atoms with van der Waals surface area (Å²) in [5, 5.41) is 10.2. The van der Waals surface area contributed by atoms with Crippen LogP contribution in [0.5, 0.6) is 0 Å². The highest BCUT2D eigenvalue weighted by atomic mass is 79.9. The van der Waals surface area contributed by atoms with E-state index < -0.39 is 0 Å². The maximum Gasteiger partial charge on any atom is 0.0997 e. The molecule has 12 heavy (non-hydrogen) atoms. The SMILES string of the molecule is Cc1cc(Cl)cc(CBr)c1C#N. The number of benzene rings is 1. The van der Waals surface area contributed by atoms with E-state index in [2.05, 4.69) is 22.0 Å². The van der Waals surface area contributed by atoms with Crippen LogP contribution in [0.4, 0.5) is 0 Å². The second kappa shape index (κ2) is 3.93. The number of hydrogen-bond donors (Lipinski definition) is 0. The first-order chi connectivity index (χ1) is 5.69. The quantitative estimate of drug-likeness (QED) is 0.695. The van der Waals surface area contributed by atoms with E-state index in [1.807, 2.05) is 13.0 Å². The van der Waals surface area contributed by atoms with Crippen LogP contribution in [0.1, 0.15) is 16.7 Å². The molecule has 0 amide bonds. The molecule has 0 heterocycles. The third-order valence-electron chi connectivity index (χ3n) is 1.64. The molecule has 0 bridgehead atoms. The average molecular weight is 245 g/mol. The second-order valence-electron chi connectivity index (χ2n) is 2.50. The van der Waals surface area contributed by atoms with Crippen molar-refractivity contribution in [1.29, 1.82) is 5.26 Å². The Morgan fingerprint density at radius 2 is 2.25 bits per heavy atom. The molecule has 0 saturated carbocycles. The lowest BCUT2D eigenvalue weighted by Crippen LogP contribution is -1.89. The fourth-order valence-electron chi connectivity index (χ4n) is 1.08. The van der Waals surface area contributed by atoms with Gasteiger partial charge in [-0.25, -0.2) is 0 Å². The Bertz CT molecular complexity index is 341. The second-order valence-corrected chi connectivity index (χ2v) is 3.50. The number of alkyl halides is 1. The Morgan fingerprint density at radius 3 is 2.75 bits per heavy atom. The monoisotopic (exact) mass is 243 g/mol. The van der Waals surface area contributed by atoms with Crippen molar-refractivity contribution >= 4 is 27.5 Å². The molecule has 3 heteroatoms. The van der Waals surface area contributed by atoms with Crippen molar-refractivity contribution in [2.75, 3.05) is 0 Å². The summed E-state index contributed by atoms with van der Waals surface area (Å²) >= 11 is 9.14. The summed E-state index contributed by atoms with van der Waals surface area (Å²) in [7, 11) is 0. The minimum Gasteiger partial charge on any atom is -0.192 e. The molecule has 1 aromatic rings. The molecule has 0 spiro atoms. The number of nitriles is 1. The smallest absolute Gasteiger partial charge is 0.0997 e. The number of aryl methyl sites for hydroxylation is 1. The zero-order valence-corrected chi connectivity index (χ0v) is 8.91. The summed E-state index contributed by atoms with van der Waals surface area (Å²) in [4.78, 5) is 0. The van der Waals surface area contributed by atoms with Gasteiger partial charge in [0.2, 0.25) is 0 Å². The van der Waals surface area contributed by atoms with E-state index in [4.69, 9.17) is 16.9 Å². The summed E-state index contributed by atoms with van der Waals surface area (Å²) in [5.74, 6) is 0. The van der Waals surface area contributed by atoms with Gasteiger partial charge in [-0.15, -0.1) is 0 Å². The van der Waals surface area contributed by atoms with Gasteiger partial charge in [-0.1, -0.05) is 27.5 Å². The molecule has 1 aromatic carbocycles. The topological polar surface area (TPSA) is 23.8 Å². The molecule has 0 atom stereocenters. The highest BCUT2D eigenvalue weighted by molar-refractivity contribution is 9.08. The van der Waals surface area contributed by atoms with Crippen LogP contribution in [0.15, 0.2) is 12.1 Å². The Morgan fingerprint density at radius 1 is 1.58 bits per heavy atom. The largest absolute Gasteiger partial charge is 0.192 e. The summed E-state index contributed by atoms with van der Waals surface area (Å²) in [6.07, 6.45) is 0. The van der Waals surface area contributed by atoms with Crippen LogP contribution in [0, 0.1) is 18.3 Å². The predicted octanol–water partition coefficient (Wildman–Crippen LogP) is 3.42. The molecule has 1 nitrogen and oxygen atoms in total. The number of rotatable bonds is 1. The number of halogens is 2. The number of hydrogen-bond acceptors (Lipinski definition) is 1. The van der Waals surface area contributed by atoms with Gasteiger partial charge in [0.25, 0.3) is 0 Å². The van der Waals surface area contributed by atoms with Crippen molar-refractivity contribution in [3.05, 3.63) is 33.8 Å². The van der Waals surface area contributed by atoms with E-state index in [9.17, 15) is 0 Å². The van der Waals surface area contributed by atoms with E-state index in [1.54, 1.807) is 6.07 Å². The van der Waals surface area contributed by atoms with Crippen LogP contribution in [-0.2, 0) is 5.33 Å². The van der Waals surface area contributed by atoms with Crippen molar-refractivity contribution in [2.45, 2.75) is 12.3 Å². The van der Waals surface area contributed by atoms with Gasteiger partial charge in [-0.3, -0.25) is 0 Å². The summed E-state index contributed by atoms with van der Waals surface area (Å²) in [6.45, 7) is 1.89. The van der Waals surface area contributed by atoms with Gasteiger partial charge in [0.05, 0.1) is 11.6 Å². The molecule has 0 unspecified atom stereocenters. The third-order valence-corrected chi connectivity index (χ3v) is 2.46. The van der Waals surface area contributed by atoms with E-state index in [0.29, 0.717) is 10.4 Å². The first-order valence-corrected chi connectivity index (χ1v) is 4.94. The molecule has 0 radical (unpaired) electrons. The first kappa shape index (κ1) is 9.57. The molecule has 0 aromatic heterocycles. The van der Waals surface area contributed by atoms with Crippen LogP contribution < -0.4 is 0 Å². The van der Waals surface area contributed by atoms with Crippen LogP contribution in [0.25, 0.3) is 0 Å².